The molecular formula is C12H24O4. The molecule has 0 saturated carbocycles. The van der Waals surface area contributed by atoms with Crippen molar-refractivity contribution in [3.05, 3.63) is 0 Å². The monoisotopic (exact) mass is 232 g/mol. The Morgan fingerprint density at radius 3 is 1.06 bits per heavy atom. The van der Waals surface area contributed by atoms with Crippen molar-refractivity contribution < 1.29 is 19.8 Å². The molecule has 96 valence electrons. The smallest absolute Gasteiger partial charge is 0.139 e. The molecule has 0 heterocycles. The second kappa shape index (κ2) is 8.42. The fraction of sp³-hybridized carbons (Fsp3) is 0.833. The topological polar surface area (TPSA) is 74.6 Å². The van der Waals surface area contributed by atoms with Crippen LogP contribution in [0.3, 0.4) is 0 Å². The van der Waals surface area contributed by atoms with Crippen LogP contribution in [0.1, 0.15) is 41.5 Å². The summed E-state index contributed by atoms with van der Waals surface area (Å²) in [7, 11) is 0. The third kappa shape index (κ3) is 8.56. The third-order valence-electron chi connectivity index (χ3n) is 2.74. The van der Waals surface area contributed by atoms with Crippen molar-refractivity contribution in [3.63, 3.8) is 0 Å². The number of hydrogen-bond donors (Lipinski definition) is 2. The van der Waals surface area contributed by atoms with Gasteiger partial charge < -0.3 is 10.2 Å². The lowest BCUT2D eigenvalue weighted by molar-refractivity contribution is -0.129. The summed E-state index contributed by atoms with van der Waals surface area (Å²) in [6.07, 6.45) is -0.815. The van der Waals surface area contributed by atoms with Gasteiger partial charge in [-0.3, -0.25) is 9.59 Å². The largest absolute Gasteiger partial charge is 0.393 e. The van der Waals surface area contributed by atoms with Gasteiger partial charge in [0, 0.05) is 5.92 Å². The SMILES string of the molecule is CC(=O)C(C)C(C)=O.CC(O)C(C)C(C)O. The Morgan fingerprint density at radius 2 is 1.06 bits per heavy atom. The molecule has 0 spiro atoms. The maximum absolute atomic E-state index is 10.4. The number of rotatable bonds is 4. The first kappa shape index (κ1) is 17.6. The van der Waals surface area contributed by atoms with E-state index in [4.69, 9.17) is 10.2 Å². The van der Waals surface area contributed by atoms with Crippen molar-refractivity contribution in [2.24, 2.45) is 11.8 Å². The lowest BCUT2D eigenvalue weighted by atomic mass is 10.0. The minimum Gasteiger partial charge on any atom is -0.393 e. The molecule has 4 nitrogen and oxygen atoms in total. The van der Waals surface area contributed by atoms with Crippen LogP contribution in [-0.2, 0) is 9.59 Å². The van der Waals surface area contributed by atoms with Crippen LogP contribution in [0.15, 0.2) is 0 Å². The maximum Gasteiger partial charge on any atom is 0.139 e. The van der Waals surface area contributed by atoms with Crippen molar-refractivity contribution >= 4 is 11.6 Å². The second-order valence-corrected chi connectivity index (χ2v) is 4.28. The van der Waals surface area contributed by atoms with Gasteiger partial charge in [-0.2, -0.15) is 0 Å². The predicted molar refractivity (Wildman–Crippen MR) is 63.1 cm³/mol. The molecule has 0 fully saturated rings. The Bertz CT molecular complexity index is 199. The maximum atomic E-state index is 10.4. The number of Topliss-reactive ketones (excluding diaryl/α,β-unsaturated/α-hetero) is 2. The molecule has 0 amide bonds. The van der Waals surface area contributed by atoms with Crippen LogP contribution in [0.5, 0.6) is 0 Å². The summed E-state index contributed by atoms with van der Waals surface area (Å²) in [5.41, 5.74) is 0. The highest BCUT2D eigenvalue weighted by Gasteiger charge is 2.13. The molecule has 0 radical (unpaired) electrons. The highest BCUT2D eigenvalue weighted by atomic mass is 16.3. The number of carbonyl (C=O) groups excluding carboxylic acids is 2. The van der Waals surface area contributed by atoms with Crippen molar-refractivity contribution in [1.29, 1.82) is 0 Å². The summed E-state index contributed by atoms with van der Waals surface area (Å²) < 4.78 is 0. The molecule has 0 aromatic heterocycles. The van der Waals surface area contributed by atoms with Crippen LogP contribution in [0.25, 0.3) is 0 Å². The normalized spacial score (nSPS) is 15.8. The van der Waals surface area contributed by atoms with Crippen molar-refractivity contribution in [3.8, 4) is 0 Å². The molecule has 0 aromatic carbocycles. The molecule has 2 N–H and O–H groups in total. The van der Waals surface area contributed by atoms with Crippen LogP contribution >= 0.6 is 0 Å². The summed E-state index contributed by atoms with van der Waals surface area (Å²) in [4.78, 5) is 20.7. The Balaban J connectivity index is 0. The van der Waals surface area contributed by atoms with Gasteiger partial charge in [0.15, 0.2) is 0 Å². The van der Waals surface area contributed by atoms with Crippen LogP contribution in [0.4, 0.5) is 0 Å². The van der Waals surface area contributed by atoms with Crippen LogP contribution in [-0.4, -0.2) is 34.0 Å². The number of ketones is 2. The van der Waals surface area contributed by atoms with E-state index >= 15 is 0 Å². The Labute approximate surface area is 97.7 Å². The number of hydrogen-bond acceptors (Lipinski definition) is 4. The molecule has 0 aliphatic heterocycles. The van der Waals surface area contributed by atoms with E-state index in [9.17, 15) is 9.59 Å². The van der Waals surface area contributed by atoms with Gasteiger partial charge >= 0.3 is 0 Å². The van der Waals surface area contributed by atoms with Crippen molar-refractivity contribution in [2.45, 2.75) is 53.8 Å². The van der Waals surface area contributed by atoms with E-state index in [0.29, 0.717) is 0 Å². The van der Waals surface area contributed by atoms with Gasteiger partial charge in [-0.25, -0.2) is 0 Å². The van der Waals surface area contributed by atoms with E-state index < -0.39 is 18.1 Å². The minimum atomic E-state index is -0.407. The molecule has 0 rings (SSSR count). The van der Waals surface area contributed by atoms with E-state index in [1.165, 1.54) is 13.8 Å². The van der Waals surface area contributed by atoms with Crippen LogP contribution in [0.2, 0.25) is 0 Å². The third-order valence-corrected chi connectivity index (χ3v) is 2.74. The van der Waals surface area contributed by atoms with E-state index in [-0.39, 0.29) is 17.5 Å². The van der Waals surface area contributed by atoms with E-state index in [2.05, 4.69) is 0 Å². The zero-order valence-corrected chi connectivity index (χ0v) is 11.0. The minimum absolute atomic E-state index is 0.0185. The Morgan fingerprint density at radius 1 is 0.812 bits per heavy atom. The molecule has 0 aromatic rings. The molecule has 2 atom stereocenters. The first-order chi connectivity index (χ1) is 7.11. The van der Waals surface area contributed by atoms with Gasteiger partial charge in [0.2, 0.25) is 0 Å². The first-order valence-electron chi connectivity index (χ1n) is 5.48. The summed E-state index contributed by atoms with van der Waals surface area (Å²) in [6.45, 7) is 9.63. The van der Waals surface area contributed by atoms with Crippen LogP contribution < -0.4 is 0 Å². The van der Waals surface area contributed by atoms with Gasteiger partial charge in [-0.1, -0.05) is 6.92 Å². The second-order valence-electron chi connectivity index (χ2n) is 4.28. The average molecular weight is 232 g/mol. The number of aliphatic hydroxyl groups is 2. The Kier molecular flexibility index (Phi) is 9.28. The fourth-order valence-electron chi connectivity index (χ4n) is 0.689. The van der Waals surface area contributed by atoms with Gasteiger partial charge in [0.05, 0.1) is 18.1 Å². The zero-order chi connectivity index (χ0) is 13.5. The van der Waals surface area contributed by atoms with Gasteiger partial charge in [0.25, 0.3) is 0 Å². The quantitative estimate of drug-likeness (QED) is 0.714. The molecule has 0 bridgehead atoms. The average Bonchev–Trinajstić information content (AvgIpc) is 2.15. The van der Waals surface area contributed by atoms with E-state index in [1.54, 1.807) is 20.8 Å². The Hall–Kier alpha value is -0.740. The summed E-state index contributed by atoms with van der Waals surface area (Å²) >= 11 is 0. The van der Waals surface area contributed by atoms with Gasteiger partial charge in [0.1, 0.15) is 11.6 Å². The summed E-state index contributed by atoms with van der Waals surface area (Å²) in [6, 6.07) is 0. The molecule has 4 heteroatoms. The van der Waals surface area contributed by atoms with Crippen molar-refractivity contribution in [1.82, 2.24) is 0 Å². The lowest BCUT2D eigenvalue weighted by Crippen LogP contribution is -2.24. The molecule has 2 unspecified atom stereocenters. The molecule has 0 aliphatic carbocycles. The van der Waals surface area contributed by atoms with E-state index in [0.717, 1.165) is 0 Å². The fourth-order valence-corrected chi connectivity index (χ4v) is 0.689. The molecule has 0 saturated heterocycles. The number of aliphatic hydroxyl groups excluding tert-OH is 2. The van der Waals surface area contributed by atoms with Crippen molar-refractivity contribution in [2.75, 3.05) is 0 Å². The lowest BCUT2D eigenvalue weighted by Gasteiger charge is -2.16. The molecule has 16 heavy (non-hydrogen) atoms. The molecular weight excluding hydrogens is 208 g/mol. The molecule has 0 aliphatic rings. The van der Waals surface area contributed by atoms with Crippen LogP contribution in [0, 0.1) is 11.8 Å². The highest BCUT2D eigenvalue weighted by molar-refractivity contribution is 5.99. The van der Waals surface area contributed by atoms with Gasteiger partial charge in [-0.15, -0.1) is 0 Å². The van der Waals surface area contributed by atoms with Gasteiger partial charge in [-0.05, 0) is 34.6 Å². The first-order valence-corrected chi connectivity index (χ1v) is 5.48. The summed E-state index contributed by atoms with van der Waals surface area (Å²) in [5, 5.41) is 17.7. The predicted octanol–water partition coefficient (Wildman–Crippen LogP) is 1.18. The standard InChI is InChI=1S/C6H14O2.C6H10O2/c2*1-4(5(2)7)6(3)8/h4-8H,1-3H3;4H,1-3H3. The van der Waals surface area contributed by atoms with E-state index in [1.807, 2.05) is 6.92 Å². The number of carbonyl (C=O) groups is 2. The zero-order valence-electron chi connectivity index (χ0n) is 11.0. The summed E-state index contributed by atoms with van der Waals surface area (Å²) in [5.74, 6) is -0.542. The highest BCUT2D eigenvalue weighted by Crippen LogP contribution is 2.06.